The van der Waals surface area contributed by atoms with Crippen LogP contribution in [0.4, 0.5) is 0 Å². The molecule has 0 radical (unpaired) electrons. The second-order valence-electron chi connectivity index (χ2n) is 13.5. The van der Waals surface area contributed by atoms with Crippen molar-refractivity contribution >= 4 is 35.8 Å². The van der Waals surface area contributed by atoms with Crippen molar-refractivity contribution in [1.82, 2.24) is 0 Å². The van der Waals surface area contributed by atoms with Crippen molar-refractivity contribution in [3.63, 3.8) is 0 Å². The van der Waals surface area contributed by atoms with Crippen molar-refractivity contribution in [2.24, 2.45) is 16.7 Å². The van der Waals surface area contributed by atoms with Crippen LogP contribution < -0.4 is 0 Å². The summed E-state index contributed by atoms with van der Waals surface area (Å²) in [6.45, 7) is 11.4. The highest BCUT2D eigenvalue weighted by atomic mass is 16.6. The quantitative estimate of drug-likeness (QED) is 0.185. The first kappa shape index (κ1) is 37.9. The van der Waals surface area contributed by atoms with Gasteiger partial charge in [0.2, 0.25) is 0 Å². The van der Waals surface area contributed by atoms with Gasteiger partial charge in [-0.15, -0.1) is 0 Å². The number of fused-ring (bicyclic) bond motifs is 2. The molecule has 264 valence electrons. The Labute approximate surface area is 272 Å². The molecule has 3 rings (SSSR count). The third-order valence-corrected chi connectivity index (χ3v) is 9.87. The maximum Gasteiger partial charge on any atom is 0.303 e. The molecule has 15 nitrogen and oxygen atoms in total. The predicted octanol–water partition coefficient (Wildman–Crippen LogP) is 0.817. The zero-order valence-corrected chi connectivity index (χ0v) is 28.4. The van der Waals surface area contributed by atoms with Gasteiger partial charge in [-0.2, -0.15) is 0 Å². The van der Waals surface area contributed by atoms with Crippen LogP contribution in [0.25, 0.3) is 0 Å². The molecule has 15 heteroatoms. The summed E-state index contributed by atoms with van der Waals surface area (Å²) in [4.78, 5) is 75.7. The fourth-order valence-corrected chi connectivity index (χ4v) is 8.20. The van der Waals surface area contributed by atoms with E-state index in [-0.39, 0.29) is 17.6 Å². The Hall–Kier alpha value is -3.56. The van der Waals surface area contributed by atoms with E-state index >= 15 is 0 Å². The standard InChI is InChI=1S/C32H46O15/c1-14-21(43-16(3)34)12-31(29(8,9)40)24(14)25(45-18(5)36)27(46-19(6)37)30(10)23(44-17(4)35)11-22(39)32(41,13-42-15(2)33)26(30)28(31)47-20(7)38/h21-23,25-28,39-41H,11-13H2,1-10H3/t21-,22-,23-,25+,26-,27-,28-,30+,31-,32-/m0/s1. The molecule has 0 saturated heterocycles. The lowest BCUT2D eigenvalue weighted by Gasteiger charge is -2.60. The lowest BCUT2D eigenvalue weighted by molar-refractivity contribution is -0.292. The van der Waals surface area contributed by atoms with Crippen molar-refractivity contribution in [3.8, 4) is 0 Å². The van der Waals surface area contributed by atoms with Gasteiger partial charge in [0.15, 0.2) is 12.2 Å². The molecule has 3 aliphatic carbocycles. The van der Waals surface area contributed by atoms with Gasteiger partial charge in [-0.3, -0.25) is 28.8 Å². The predicted molar refractivity (Wildman–Crippen MR) is 158 cm³/mol. The summed E-state index contributed by atoms with van der Waals surface area (Å²) in [5, 5.41) is 36.5. The van der Waals surface area contributed by atoms with E-state index in [0.717, 1.165) is 41.5 Å². The number of esters is 6. The minimum Gasteiger partial charge on any atom is -0.463 e. The van der Waals surface area contributed by atoms with E-state index in [4.69, 9.17) is 28.4 Å². The Balaban J connectivity index is 2.69. The lowest BCUT2D eigenvalue weighted by atomic mass is 9.51. The summed E-state index contributed by atoms with van der Waals surface area (Å²) in [6, 6.07) is 0. The summed E-state index contributed by atoms with van der Waals surface area (Å²) >= 11 is 0. The van der Waals surface area contributed by atoms with Gasteiger partial charge in [0.1, 0.15) is 30.5 Å². The minimum atomic E-state index is -2.54. The van der Waals surface area contributed by atoms with E-state index < -0.39 is 113 Å². The van der Waals surface area contributed by atoms with Gasteiger partial charge in [0.25, 0.3) is 0 Å². The molecule has 10 atom stereocenters. The zero-order chi connectivity index (χ0) is 36.0. The van der Waals surface area contributed by atoms with Crippen LogP contribution in [0.15, 0.2) is 11.1 Å². The highest BCUT2D eigenvalue weighted by Gasteiger charge is 2.78. The number of hydrogen-bond donors (Lipinski definition) is 3. The highest BCUT2D eigenvalue weighted by molar-refractivity contribution is 5.70. The van der Waals surface area contributed by atoms with Crippen molar-refractivity contribution in [3.05, 3.63) is 11.1 Å². The molecule has 3 aliphatic rings. The number of hydrogen-bond acceptors (Lipinski definition) is 15. The molecular formula is C32H46O15. The van der Waals surface area contributed by atoms with E-state index in [1.807, 2.05) is 0 Å². The smallest absolute Gasteiger partial charge is 0.303 e. The first-order valence-corrected chi connectivity index (χ1v) is 15.3. The molecule has 0 amide bonds. The van der Waals surface area contributed by atoms with Crippen LogP contribution in [0.5, 0.6) is 0 Å². The molecule has 0 spiro atoms. The summed E-state index contributed by atoms with van der Waals surface area (Å²) in [5.74, 6) is -6.75. The van der Waals surface area contributed by atoms with Gasteiger partial charge >= 0.3 is 35.8 Å². The van der Waals surface area contributed by atoms with Crippen molar-refractivity contribution in [2.75, 3.05) is 6.61 Å². The molecule has 0 aromatic heterocycles. The summed E-state index contributed by atoms with van der Waals surface area (Å²) in [5.41, 5.74) is -8.05. The molecule has 0 bridgehead atoms. The maximum absolute atomic E-state index is 13.0. The molecule has 0 aliphatic heterocycles. The van der Waals surface area contributed by atoms with Crippen LogP contribution in [-0.4, -0.2) is 106 Å². The SMILES string of the molecule is CC(=O)OC[C@@]1(O)[C@H]2[C@H](OC(C)=O)[C@]3(C(C)(C)O)C[C@H](OC(C)=O)C(C)=C3[C@@H](OC(C)=O)[C@H](OC(C)=O)[C@]2(C)[C@@H](OC(C)=O)C[C@@H]1O. The fourth-order valence-electron chi connectivity index (χ4n) is 8.20. The molecule has 0 aromatic rings. The molecule has 0 unspecified atom stereocenters. The van der Waals surface area contributed by atoms with Gasteiger partial charge in [-0.25, -0.2) is 0 Å². The van der Waals surface area contributed by atoms with Crippen LogP contribution in [0.2, 0.25) is 0 Å². The topological polar surface area (TPSA) is 218 Å². The average molecular weight is 671 g/mol. The molecule has 0 heterocycles. The number of aliphatic hydroxyl groups is 3. The van der Waals surface area contributed by atoms with Gasteiger partial charge < -0.3 is 43.7 Å². The Morgan fingerprint density at radius 2 is 1.28 bits per heavy atom. The van der Waals surface area contributed by atoms with E-state index in [0.29, 0.717) is 0 Å². The lowest BCUT2D eigenvalue weighted by Crippen LogP contribution is -2.74. The van der Waals surface area contributed by atoms with Crippen LogP contribution in [0.1, 0.15) is 82.1 Å². The number of carbonyl (C=O) groups is 6. The average Bonchev–Trinajstić information content (AvgIpc) is 3.15. The number of carbonyl (C=O) groups excluding carboxylic acids is 6. The number of rotatable bonds is 8. The van der Waals surface area contributed by atoms with Crippen LogP contribution in [0.3, 0.4) is 0 Å². The molecule has 3 N–H and O–H groups in total. The summed E-state index contributed by atoms with van der Waals surface area (Å²) in [6.07, 6.45) is -10.2. The van der Waals surface area contributed by atoms with E-state index in [2.05, 4.69) is 0 Å². The molecule has 47 heavy (non-hydrogen) atoms. The summed E-state index contributed by atoms with van der Waals surface area (Å²) in [7, 11) is 0. The fraction of sp³-hybridized carbons (Fsp3) is 0.750. The zero-order valence-electron chi connectivity index (χ0n) is 28.4. The third kappa shape index (κ3) is 6.61. The number of aliphatic hydroxyl groups excluding tert-OH is 1. The Morgan fingerprint density at radius 1 is 0.787 bits per heavy atom. The van der Waals surface area contributed by atoms with Crippen LogP contribution in [-0.2, 0) is 57.2 Å². The van der Waals surface area contributed by atoms with Crippen LogP contribution in [0, 0.1) is 16.7 Å². The second kappa shape index (κ2) is 13.2. The first-order chi connectivity index (χ1) is 21.4. The Kier molecular flexibility index (Phi) is 10.6. The highest BCUT2D eigenvalue weighted by Crippen LogP contribution is 2.67. The van der Waals surface area contributed by atoms with Crippen molar-refractivity contribution in [2.45, 2.75) is 130 Å². The van der Waals surface area contributed by atoms with E-state index in [9.17, 15) is 44.1 Å². The Morgan fingerprint density at radius 3 is 1.72 bits per heavy atom. The summed E-state index contributed by atoms with van der Waals surface area (Å²) < 4.78 is 34.5. The van der Waals surface area contributed by atoms with Gasteiger partial charge in [-0.05, 0) is 31.9 Å². The second-order valence-corrected chi connectivity index (χ2v) is 13.5. The molecular weight excluding hydrogens is 624 g/mol. The molecule has 2 fully saturated rings. The van der Waals surface area contributed by atoms with Crippen LogP contribution >= 0.6 is 0 Å². The van der Waals surface area contributed by atoms with Crippen molar-refractivity contribution < 1.29 is 72.5 Å². The molecule has 2 saturated carbocycles. The third-order valence-electron chi connectivity index (χ3n) is 9.87. The molecule has 0 aromatic carbocycles. The minimum absolute atomic E-state index is 0.0606. The first-order valence-electron chi connectivity index (χ1n) is 15.3. The Bertz CT molecular complexity index is 1350. The normalized spacial score (nSPS) is 36.6. The number of ether oxygens (including phenoxy) is 6. The monoisotopic (exact) mass is 670 g/mol. The largest absolute Gasteiger partial charge is 0.463 e. The van der Waals surface area contributed by atoms with E-state index in [1.54, 1.807) is 6.92 Å². The van der Waals surface area contributed by atoms with E-state index in [1.165, 1.54) is 20.8 Å². The van der Waals surface area contributed by atoms with Crippen molar-refractivity contribution in [1.29, 1.82) is 0 Å². The van der Waals surface area contributed by atoms with Gasteiger partial charge in [0, 0.05) is 60.3 Å². The maximum atomic E-state index is 13.0. The van der Waals surface area contributed by atoms with Gasteiger partial charge in [0.05, 0.1) is 22.5 Å². The van der Waals surface area contributed by atoms with Gasteiger partial charge in [-0.1, -0.05) is 6.92 Å².